The lowest BCUT2D eigenvalue weighted by Gasteiger charge is -2.09. The SMILES string of the molecule is COC(=O)c1cccc(NC(=O)Nc2cccc(C(=O)OC)c2)c1. The van der Waals surface area contributed by atoms with Crippen LogP contribution in [0.5, 0.6) is 0 Å². The highest BCUT2D eigenvalue weighted by molar-refractivity contribution is 6.01. The van der Waals surface area contributed by atoms with E-state index in [1.165, 1.54) is 26.4 Å². The number of rotatable bonds is 4. The van der Waals surface area contributed by atoms with E-state index in [1.54, 1.807) is 36.4 Å². The predicted octanol–water partition coefficient (Wildman–Crippen LogP) is 2.90. The highest BCUT2D eigenvalue weighted by atomic mass is 16.5. The first-order chi connectivity index (χ1) is 11.5. The maximum Gasteiger partial charge on any atom is 0.337 e. The summed E-state index contributed by atoms with van der Waals surface area (Å²) in [6, 6.07) is 12.2. The quantitative estimate of drug-likeness (QED) is 0.842. The summed E-state index contributed by atoms with van der Waals surface area (Å²) in [5.41, 5.74) is 1.50. The summed E-state index contributed by atoms with van der Waals surface area (Å²) in [5, 5.41) is 5.20. The Balaban J connectivity index is 2.06. The van der Waals surface area contributed by atoms with Crippen molar-refractivity contribution in [2.24, 2.45) is 0 Å². The molecule has 0 bridgehead atoms. The molecule has 0 spiro atoms. The van der Waals surface area contributed by atoms with Gasteiger partial charge in [0.05, 0.1) is 25.3 Å². The van der Waals surface area contributed by atoms with Crippen molar-refractivity contribution < 1.29 is 23.9 Å². The van der Waals surface area contributed by atoms with Crippen LogP contribution in [0.25, 0.3) is 0 Å². The van der Waals surface area contributed by atoms with Gasteiger partial charge < -0.3 is 20.1 Å². The molecule has 2 aromatic carbocycles. The molecular weight excluding hydrogens is 312 g/mol. The van der Waals surface area contributed by atoms with E-state index in [4.69, 9.17) is 0 Å². The maximum absolute atomic E-state index is 12.0. The molecule has 2 amide bonds. The normalized spacial score (nSPS) is 9.75. The summed E-state index contributed by atoms with van der Waals surface area (Å²) < 4.78 is 9.25. The van der Waals surface area contributed by atoms with Crippen LogP contribution in [0, 0.1) is 0 Å². The Morgan fingerprint density at radius 1 is 0.750 bits per heavy atom. The molecule has 24 heavy (non-hydrogen) atoms. The first-order valence-corrected chi connectivity index (χ1v) is 6.98. The zero-order chi connectivity index (χ0) is 17.5. The van der Waals surface area contributed by atoms with Crippen molar-refractivity contribution in [1.82, 2.24) is 0 Å². The molecule has 0 aliphatic rings. The van der Waals surface area contributed by atoms with Crippen molar-refractivity contribution in [2.45, 2.75) is 0 Å². The molecule has 0 fully saturated rings. The summed E-state index contributed by atoms with van der Waals surface area (Å²) in [6.45, 7) is 0. The van der Waals surface area contributed by atoms with Crippen LogP contribution >= 0.6 is 0 Å². The van der Waals surface area contributed by atoms with Crippen molar-refractivity contribution in [1.29, 1.82) is 0 Å². The maximum atomic E-state index is 12.0. The van der Waals surface area contributed by atoms with Crippen LogP contribution < -0.4 is 10.6 Å². The van der Waals surface area contributed by atoms with Gasteiger partial charge in [0, 0.05) is 11.4 Å². The molecule has 7 heteroatoms. The van der Waals surface area contributed by atoms with E-state index in [0.29, 0.717) is 22.5 Å². The zero-order valence-electron chi connectivity index (χ0n) is 13.2. The standard InChI is InChI=1S/C17H16N2O5/c1-23-15(20)11-5-3-7-13(9-11)18-17(22)19-14-8-4-6-12(10-14)16(21)24-2/h3-10H,1-2H3,(H2,18,19,22). The molecule has 0 radical (unpaired) electrons. The fourth-order valence-corrected chi connectivity index (χ4v) is 1.98. The van der Waals surface area contributed by atoms with Crippen molar-refractivity contribution in [3.63, 3.8) is 0 Å². The van der Waals surface area contributed by atoms with Gasteiger partial charge in [-0.3, -0.25) is 0 Å². The van der Waals surface area contributed by atoms with E-state index in [-0.39, 0.29) is 0 Å². The molecular formula is C17H16N2O5. The lowest BCUT2D eigenvalue weighted by atomic mass is 10.2. The van der Waals surface area contributed by atoms with Gasteiger partial charge in [-0.05, 0) is 36.4 Å². The third-order valence-electron chi connectivity index (χ3n) is 3.08. The van der Waals surface area contributed by atoms with Gasteiger partial charge in [-0.15, -0.1) is 0 Å². The van der Waals surface area contributed by atoms with Gasteiger partial charge in [0.15, 0.2) is 0 Å². The number of hydrogen-bond donors (Lipinski definition) is 2. The Kier molecular flexibility index (Phi) is 5.51. The summed E-state index contributed by atoms with van der Waals surface area (Å²) in [4.78, 5) is 35.0. The van der Waals surface area contributed by atoms with Gasteiger partial charge in [-0.1, -0.05) is 12.1 Å². The molecule has 2 aromatic rings. The van der Waals surface area contributed by atoms with Gasteiger partial charge in [0.2, 0.25) is 0 Å². The Morgan fingerprint density at radius 2 is 1.17 bits per heavy atom. The number of nitrogens with one attached hydrogen (secondary N) is 2. The lowest BCUT2D eigenvalue weighted by molar-refractivity contribution is 0.0592. The van der Waals surface area contributed by atoms with Crippen LogP contribution in [0.1, 0.15) is 20.7 Å². The molecule has 0 aromatic heterocycles. The third kappa shape index (κ3) is 4.33. The third-order valence-corrected chi connectivity index (χ3v) is 3.08. The largest absolute Gasteiger partial charge is 0.465 e. The van der Waals surface area contributed by atoms with Crippen LogP contribution in [0.15, 0.2) is 48.5 Å². The smallest absolute Gasteiger partial charge is 0.337 e. The molecule has 7 nitrogen and oxygen atoms in total. The molecule has 124 valence electrons. The first-order valence-electron chi connectivity index (χ1n) is 6.98. The fourth-order valence-electron chi connectivity index (χ4n) is 1.98. The van der Waals surface area contributed by atoms with Gasteiger partial charge in [-0.2, -0.15) is 0 Å². The van der Waals surface area contributed by atoms with Gasteiger partial charge >= 0.3 is 18.0 Å². The van der Waals surface area contributed by atoms with Gasteiger partial charge in [0.1, 0.15) is 0 Å². The van der Waals surface area contributed by atoms with Crippen LogP contribution in [-0.2, 0) is 9.47 Å². The minimum atomic E-state index is -0.515. The number of esters is 2. The average Bonchev–Trinajstić information content (AvgIpc) is 2.60. The van der Waals surface area contributed by atoms with Crippen LogP contribution in [0.2, 0.25) is 0 Å². The number of anilines is 2. The van der Waals surface area contributed by atoms with E-state index in [1.807, 2.05) is 0 Å². The zero-order valence-corrected chi connectivity index (χ0v) is 13.2. The topological polar surface area (TPSA) is 93.7 Å². The summed E-state index contributed by atoms with van der Waals surface area (Å²) in [7, 11) is 2.56. The van der Waals surface area contributed by atoms with Gasteiger partial charge in [-0.25, -0.2) is 14.4 Å². The van der Waals surface area contributed by atoms with E-state index < -0.39 is 18.0 Å². The number of methoxy groups -OCH3 is 2. The Morgan fingerprint density at radius 3 is 1.54 bits per heavy atom. The highest BCUT2D eigenvalue weighted by Gasteiger charge is 2.09. The molecule has 0 atom stereocenters. The summed E-state index contributed by atoms with van der Waals surface area (Å²) >= 11 is 0. The minimum Gasteiger partial charge on any atom is -0.465 e. The fraction of sp³-hybridized carbons (Fsp3) is 0.118. The van der Waals surface area contributed by atoms with Crippen LogP contribution in [0.3, 0.4) is 0 Å². The van der Waals surface area contributed by atoms with Crippen molar-refractivity contribution in [3.8, 4) is 0 Å². The van der Waals surface area contributed by atoms with E-state index in [0.717, 1.165) is 0 Å². The van der Waals surface area contributed by atoms with Gasteiger partial charge in [0.25, 0.3) is 0 Å². The average molecular weight is 328 g/mol. The first kappa shape index (κ1) is 17.0. The summed E-state index contributed by atoms with van der Waals surface area (Å²) in [5.74, 6) is -0.991. The van der Waals surface area contributed by atoms with E-state index >= 15 is 0 Å². The van der Waals surface area contributed by atoms with E-state index in [2.05, 4.69) is 20.1 Å². The second-order valence-electron chi connectivity index (χ2n) is 4.72. The molecule has 0 heterocycles. The van der Waals surface area contributed by atoms with Crippen molar-refractivity contribution in [3.05, 3.63) is 59.7 Å². The van der Waals surface area contributed by atoms with Crippen molar-refractivity contribution >= 4 is 29.3 Å². The molecule has 0 aliphatic carbocycles. The Labute approximate surface area is 138 Å². The summed E-state index contributed by atoms with van der Waals surface area (Å²) in [6.07, 6.45) is 0. The Bertz CT molecular complexity index is 710. The molecule has 2 N–H and O–H groups in total. The molecule has 0 aliphatic heterocycles. The number of hydrogen-bond acceptors (Lipinski definition) is 5. The second kappa shape index (κ2) is 7.77. The molecule has 0 saturated carbocycles. The molecule has 2 rings (SSSR count). The Hall–Kier alpha value is -3.35. The van der Waals surface area contributed by atoms with Crippen LogP contribution in [0.4, 0.5) is 16.2 Å². The lowest BCUT2D eigenvalue weighted by Crippen LogP contribution is -2.20. The highest BCUT2D eigenvalue weighted by Crippen LogP contribution is 2.14. The molecule has 0 unspecified atom stereocenters. The number of urea groups is 1. The van der Waals surface area contributed by atoms with Crippen LogP contribution in [-0.4, -0.2) is 32.2 Å². The van der Waals surface area contributed by atoms with Crippen molar-refractivity contribution in [2.75, 3.05) is 24.9 Å². The number of ether oxygens (including phenoxy) is 2. The van der Waals surface area contributed by atoms with E-state index in [9.17, 15) is 14.4 Å². The second-order valence-corrected chi connectivity index (χ2v) is 4.72. The molecule has 0 saturated heterocycles. The number of benzene rings is 2. The monoisotopic (exact) mass is 328 g/mol. The predicted molar refractivity (Wildman–Crippen MR) is 88.2 cm³/mol. The number of carbonyl (C=O) groups excluding carboxylic acids is 3. The number of amides is 2. The number of carbonyl (C=O) groups is 3. The minimum absolute atomic E-state index is 0.322.